The molecule has 0 unspecified atom stereocenters. The SMILES string of the molecule is CCNC(=NCc1cc(F)ccc1CS(C)(=O)=O)NCCc1ccc(Cl)cc1. The highest BCUT2D eigenvalue weighted by Crippen LogP contribution is 2.15. The standard InChI is InChI=1S/C20H25ClFN3O2S/c1-3-23-20(24-11-10-15-4-7-18(21)8-5-15)25-13-17-12-19(22)9-6-16(17)14-28(2,26)27/h4-9,12H,3,10-11,13-14H2,1-2H3,(H2,23,24,25). The summed E-state index contributed by atoms with van der Waals surface area (Å²) in [6.07, 6.45) is 1.95. The largest absolute Gasteiger partial charge is 0.357 e. The van der Waals surface area contributed by atoms with E-state index in [1.807, 2.05) is 31.2 Å². The Morgan fingerprint density at radius 2 is 1.82 bits per heavy atom. The predicted molar refractivity (Wildman–Crippen MR) is 113 cm³/mol. The summed E-state index contributed by atoms with van der Waals surface area (Å²) in [4.78, 5) is 4.47. The molecule has 152 valence electrons. The zero-order valence-corrected chi connectivity index (χ0v) is 17.6. The molecule has 0 aliphatic rings. The van der Waals surface area contributed by atoms with Crippen LogP contribution in [0.5, 0.6) is 0 Å². The number of hydrogen-bond acceptors (Lipinski definition) is 3. The van der Waals surface area contributed by atoms with E-state index in [0.717, 1.165) is 18.2 Å². The molecule has 2 rings (SSSR count). The summed E-state index contributed by atoms with van der Waals surface area (Å²) >= 11 is 5.89. The molecule has 0 aliphatic carbocycles. The van der Waals surface area contributed by atoms with Crippen molar-refractivity contribution in [1.29, 1.82) is 0 Å². The molecule has 2 aromatic rings. The molecule has 8 heteroatoms. The van der Waals surface area contributed by atoms with Crippen molar-refractivity contribution in [3.63, 3.8) is 0 Å². The van der Waals surface area contributed by atoms with E-state index in [0.29, 0.717) is 35.2 Å². The average Bonchev–Trinajstić information content (AvgIpc) is 2.62. The van der Waals surface area contributed by atoms with Crippen LogP contribution in [0.3, 0.4) is 0 Å². The maximum atomic E-state index is 13.6. The Hall–Kier alpha value is -2.12. The van der Waals surface area contributed by atoms with Crippen molar-refractivity contribution in [2.45, 2.75) is 25.6 Å². The van der Waals surface area contributed by atoms with Crippen LogP contribution in [0.2, 0.25) is 5.02 Å². The third kappa shape index (κ3) is 7.86. The highest BCUT2D eigenvalue weighted by Gasteiger charge is 2.10. The average molecular weight is 426 g/mol. The van der Waals surface area contributed by atoms with E-state index in [2.05, 4.69) is 15.6 Å². The molecule has 0 radical (unpaired) electrons. The van der Waals surface area contributed by atoms with E-state index >= 15 is 0 Å². The number of rotatable bonds is 8. The van der Waals surface area contributed by atoms with Gasteiger partial charge < -0.3 is 10.6 Å². The van der Waals surface area contributed by atoms with Gasteiger partial charge in [0.2, 0.25) is 0 Å². The molecule has 0 atom stereocenters. The second-order valence-electron chi connectivity index (χ2n) is 6.48. The maximum absolute atomic E-state index is 13.6. The molecule has 0 fully saturated rings. The van der Waals surface area contributed by atoms with E-state index in [1.165, 1.54) is 18.2 Å². The number of guanidine groups is 1. The van der Waals surface area contributed by atoms with E-state index in [4.69, 9.17) is 11.6 Å². The Bertz CT molecular complexity index is 916. The molecular weight excluding hydrogens is 401 g/mol. The van der Waals surface area contributed by atoms with Crippen molar-refractivity contribution in [3.05, 3.63) is 70.0 Å². The van der Waals surface area contributed by atoms with Crippen molar-refractivity contribution in [2.75, 3.05) is 19.3 Å². The quantitative estimate of drug-likeness (QED) is 0.502. The molecule has 0 saturated heterocycles. The topological polar surface area (TPSA) is 70.6 Å². The number of nitrogens with zero attached hydrogens (tertiary/aromatic N) is 1. The van der Waals surface area contributed by atoms with Gasteiger partial charge in [-0.3, -0.25) is 0 Å². The van der Waals surface area contributed by atoms with Gasteiger partial charge in [0.25, 0.3) is 0 Å². The van der Waals surface area contributed by atoms with Crippen LogP contribution in [-0.4, -0.2) is 33.7 Å². The fourth-order valence-electron chi connectivity index (χ4n) is 2.65. The Morgan fingerprint density at radius 1 is 1.11 bits per heavy atom. The van der Waals surface area contributed by atoms with Crippen LogP contribution < -0.4 is 10.6 Å². The van der Waals surface area contributed by atoms with Crippen molar-refractivity contribution < 1.29 is 12.8 Å². The summed E-state index contributed by atoms with van der Waals surface area (Å²) in [6.45, 7) is 3.46. The van der Waals surface area contributed by atoms with Gasteiger partial charge in [0.15, 0.2) is 15.8 Å². The van der Waals surface area contributed by atoms with Gasteiger partial charge in [-0.15, -0.1) is 0 Å². The molecule has 28 heavy (non-hydrogen) atoms. The minimum Gasteiger partial charge on any atom is -0.357 e. The van der Waals surface area contributed by atoms with Crippen LogP contribution in [0.25, 0.3) is 0 Å². The molecule has 0 heterocycles. The number of aliphatic imine (C=N–C) groups is 1. The zero-order chi connectivity index (χ0) is 20.6. The molecule has 0 bridgehead atoms. The Kier molecular flexibility index (Phi) is 8.26. The minimum atomic E-state index is -3.22. The fourth-order valence-corrected chi connectivity index (χ4v) is 3.62. The molecule has 0 saturated carbocycles. The van der Waals surface area contributed by atoms with Gasteiger partial charge >= 0.3 is 0 Å². The van der Waals surface area contributed by atoms with E-state index in [-0.39, 0.29) is 12.3 Å². The first-order valence-corrected chi connectivity index (χ1v) is 11.4. The van der Waals surface area contributed by atoms with Crippen LogP contribution in [-0.2, 0) is 28.6 Å². The first-order chi connectivity index (χ1) is 13.3. The first kappa shape index (κ1) is 22.2. The van der Waals surface area contributed by atoms with Crippen LogP contribution in [0, 0.1) is 5.82 Å². The second-order valence-corrected chi connectivity index (χ2v) is 9.06. The van der Waals surface area contributed by atoms with Gasteiger partial charge in [-0.05, 0) is 54.3 Å². The number of nitrogens with one attached hydrogen (secondary N) is 2. The number of halogens is 2. The number of sulfone groups is 1. The lowest BCUT2D eigenvalue weighted by Crippen LogP contribution is -2.38. The predicted octanol–water partition coefficient (Wildman–Crippen LogP) is 3.32. The van der Waals surface area contributed by atoms with Crippen LogP contribution >= 0.6 is 11.6 Å². The smallest absolute Gasteiger partial charge is 0.191 e. The monoisotopic (exact) mass is 425 g/mol. The number of benzene rings is 2. The molecule has 0 spiro atoms. The summed E-state index contributed by atoms with van der Waals surface area (Å²) in [5.74, 6) is 0.0350. The van der Waals surface area contributed by atoms with Gasteiger partial charge in [-0.25, -0.2) is 17.8 Å². The third-order valence-electron chi connectivity index (χ3n) is 3.96. The van der Waals surface area contributed by atoms with Gasteiger partial charge in [-0.2, -0.15) is 0 Å². The molecule has 5 nitrogen and oxygen atoms in total. The van der Waals surface area contributed by atoms with Gasteiger partial charge in [-0.1, -0.05) is 29.8 Å². The van der Waals surface area contributed by atoms with E-state index in [9.17, 15) is 12.8 Å². The highest BCUT2D eigenvalue weighted by atomic mass is 35.5. The first-order valence-electron chi connectivity index (χ1n) is 8.98. The summed E-state index contributed by atoms with van der Waals surface area (Å²) in [7, 11) is -3.22. The minimum absolute atomic E-state index is 0.140. The molecule has 0 amide bonds. The van der Waals surface area contributed by atoms with Gasteiger partial charge in [0.05, 0.1) is 12.3 Å². The zero-order valence-electron chi connectivity index (χ0n) is 16.0. The fraction of sp³-hybridized carbons (Fsp3) is 0.350. The molecule has 0 aromatic heterocycles. The summed E-state index contributed by atoms with van der Waals surface area (Å²) in [5.41, 5.74) is 2.26. The summed E-state index contributed by atoms with van der Waals surface area (Å²) < 4.78 is 36.9. The number of hydrogen-bond donors (Lipinski definition) is 2. The van der Waals surface area contributed by atoms with Crippen molar-refractivity contribution in [2.24, 2.45) is 4.99 Å². The maximum Gasteiger partial charge on any atom is 0.191 e. The Morgan fingerprint density at radius 3 is 2.46 bits per heavy atom. The molecule has 2 N–H and O–H groups in total. The van der Waals surface area contributed by atoms with Crippen LogP contribution in [0.1, 0.15) is 23.6 Å². The second kappa shape index (κ2) is 10.4. The Labute approximate surface area is 170 Å². The van der Waals surface area contributed by atoms with E-state index in [1.54, 1.807) is 0 Å². The Balaban J connectivity index is 2.05. The summed E-state index contributed by atoms with van der Waals surface area (Å²) in [6, 6.07) is 11.7. The molecular formula is C20H25ClFN3O2S. The van der Waals surface area contributed by atoms with Crippen molar-refractivity contribution in [3.8, 4) is 0 Å². The highest BCUT2D eigenvalue weighted by molar-refractivity contribution is 7.89. The third-order valence-corrected chi connectivity index (χ3v) is 5.04. The van der Waals surface area contributed by atoms with Crippen LogP contribution in [0.15, 0.2) is 47.5 Å². The normalized spacial score (nSPS) is 12.1. The van der Waals surface area contributed by atoms with Crippen LogP contribution in [0.4, 0.5) is 4.39 Å². The molecule has 2 aromatic carbocycles. The van der Waals surface area contributed by atoms with E-state index < -0.39 is 15.7 Å². The lowest BCUT2D eigenvalue weighted by molar-refractivity contribution is 0.600. The lowest BCUT2D eigenvalue weighted by atomic mass is 10.1. The molecule has 0 aliphatic heterocycles. The van der Waals surface area contributed by atoms with Crippen molar-refractivity contribution in [1.82, 2.24) is 10.6 Å². The summed E-state index contributed by atoms with van der Waals surface area (Å²) in [5, 5.41) is 7.07. The van der Waals surface area contributed by atoms with Crippen molar-refractivity contribution >= 4 is 27.4 Å². The van der Waals surface area contributed by atoms with Gasteiger partial charge in [0, 0.05) is 24.4 Å². The van der Waals surface area contributed by atoms with Gasteiger partial charge in [0.1, 0.15) is 5.82 Å². The lowest BCUT2D eigenvalue weighted by Gasteiger charge is -2.12.